The average molecular weight is 900 g/mol. The lowest BCUT2D eigenvalue weighted by molar-refractivity contribution is -0.275. The van der Waals surface area contributed by atoms with Crippen LogP contribution in [-0.4, -0.2) is 103 Å². The molecule has 3 aliphatic rings. The van der Waals surface area contributed by atoms with E-state index in [4.69, 9.17) is 18.9 Å². The number of benzene rings is 1. The van der Waals surface area contributed by atoms with E-state index in [1.807, 2.05) is 0 Å². The fraction of sp³-hybridized carbons (Fsp3) is 0.568. The topological polar surface area (TPSA) is 168 Å². The molecule has 2 bridgehead atoms. The first-order valence-electron chi connectivity index (χ1n) is 18.5. The number of hydrogen-bond donors (Lipinski definition) is 1. The largest absolute Gasteiger partial charge is 0.573 e. The van der Waals surface area contributed by atoms with Gasteiger partial charge in [-0.2, -0.15) is 26.6 Å². The smallest absolute Gasteiger partial charge is 0.472 e. The molecule has 1 N–H and O–H groups in total. The first kappa shape index (κ1) is 45.4. The quantitative estimate of drug-likeness (QED) is 0.137. The van der Waals surface area contributed by atoms with Gasteiger partial charge in [-0.25, -0.2) is 23.4 Å². The van der Waals surface area contributed by atoms with E-state index in [-0.39, 0.29) is 26.0 Å². The summed E-state index contributed by atoms with van der Waals surface area (Å²) in [6, 6.07) is -0.780. The maximum Gasteiger partial charge on any atom is 0.573 e. The molecule has 24 heteroatoms. The van der Waals surface area contributed by atoms with Crippen molar-refractivity contribution in [3.05, 3.63) is 29.3 Å². The molecule has 2 fully saturated rings. The molecule has 336 valence electrons. The molecular weight excluding hydrogens is 858 g/mol. The van der Waals surface area contributed by atoms with Gasteiger partial charge in [-0.05, 0) is 74.3 Å². The number of carbonyl (C=O) groups excluding carboxylic acids is 2. The van der Waals surface area contributed by atoms with E-state index in [1.54, 1.807) is 20.8 Å². The van der Waals surface area contributed by atoms with Crippen LogP contribution in [-0.2, 0) is 24.3 Å². The minimum absolute atomic E-state index is 0.123. The molecule has 2 amide bonds. The van der Waals surface area contributed by atoms with Gasteiger partial charge in [0.1, 0.15) is 28.8 Å². The Labute approximate surface area is 343 Å². The van der Waals surface area contributed by atoms with Gasteiger partial charge in [0.05, 0.1) is 35.2 Å². The van der Waals surface area contributed by atoms with Gasteiger partial charge in [-0.3, -0.25) is 10.2 Å². The number of anilines is 2. The zero-order valence-corrected chi connectivity index (χ0v) is 34.8. The van der Waals surface area contributed by atoms with E-state index in [0.717, 1.165) is 6.92 Å². The molecule has 61 heavy (non-hydrogen) atoms. The van der Waals surface area contributed by atoms with Gasteiger partial charge in [0.25, 0.3) is 0 Å². The summed E-state index contributed by atoms with van der Waals surface area (Å²) in [6.45, 7) is 11.4. The van der Waals surface area contributed by atoms with Crippen LogP contribution in [0.5, 0.6) is 17.5 Å². The summed E-state index contributed by atoms with van der Waals surface area (Å²) in [5.74, 6) is -7.41. The third kappa shape index (κ3) is 8.69. The number of aryl methyl sites for hydroxylation is 1. The van der Waals surface area contributed by atoms with Gasteiger partial charge >= 0.3 is 34.2 Å². The normalized spacial score (nSPS) is 21.7. The Hall–Kier alpha value is -5.13. The minimum atomic E-state index is -6.50. The predicted octanol–water partition coefficient (Wildman–Crippen LogP) is 8.11. The van der Waals surface area contributed by atoms with Crippen LogP contribution in [0.25, 0.3) is 22.0 Å². The molecule has 0 radical (unpaired) electrons. The van der Waals surface area contributed by atoms with E-state index in [9.17, 15) is 44.3 Å². The van der Waals surface area contributed by atoms with E-state index in [0.29, 0.717) is 12.1 Å². The molecule has 0 unspecified atom stereocenters. The van der Waals surface area contributed by atoms with Crippen LogP contribution in [0.2, 0.25) is 0 Å². The number of pyridine rings is 2. The number of rotatable bonds is 7. The fourth-order valence-electron chi connectivity index (χ4n) is 7.88. The van der Waals surface area contributed by atoms with Crippen LogP contribution >= 0.6 is 0 Å². The molecule has 6 rings (SSSR count). The Morgan fingerprint density at radius 1 is 0.984 bits per heavy atom. The molecule has 3 aliphatic heterocycles. The number of ether oxygens (including phenoxy) is 5. The van der Waals surface area contributed by atoms with Crippen molar-refractivity contribution in [1.82, 2.24) is 14.9 Å². The number of nitrogens with one attached hydrogen (secondary N) is 1. The second-order valence-corrected chi connectivity index (χ2v) is 18.3. The fourth-order valence-corrected chi connectivity index (χ4v) is 8.35. The number of piperazine rings is 1. The summed E-state index contributed by atoms with van der Waals surface area (Å²) >= 11 is 0. The summed E-state index contributed by atoms with van der Waals surface area (Å²) in [6.07, 6.45) is -8.13. The zero-order chi connectivity index (χ0) is 45.6. The molecule has 0 spiro atoms. The summed E-state index contributed by atoms with van der Waals surface area (Å²) in [5.41, 5.74) is -12.9. The lowest BCUT2D eigenvalue weighted by Gasteiger charge is -2.53. The van der Waals surface area contributed by atoms with E-state index >= 15 is 8.78 Å². The number of fused-ring (bicyclic) bond motifs is 5. The maximum atomic E-state index is 17.4. The molecule has 1 aromatic carbocycles. The van der Waals surface area contributed by atoms with Crippen LogP contribution in [0.1, 0.15) is 66.9 Å². The number of nitrogens with zero attached hydrogens (tertiary/aromatic N) is 4. The molecule has 4 atom stereocenters. The first-order valence-corrected chi connectivity index (χ1v) is 19.9. The number of methoxy groups -OCH3 is 1. The Bertz CT molecular complexity index is 2390. The number of alkyl halides is 6. The molecule has 5 heterocycles. The maximum absolute atomic E-state index is 17.4. The Kier molecular flexibility index (Phi) is 11.2. The van der Waals surface area contributed by atoms with Crippen molar-refractivity contribution >= 4 is 44.6 Å². The lowest BCUT2D eigenvalue weighted by Crippen LogP contribution is -2.71. The Morgan fingerprint density at radius 3 is 2.20 bits per heavy atom. The number of aromatic nitrogens is 2. The zero-order valence-electron chi connectivity index (χ0n) is 34.0. The van der Waals surface area contributed by atoms with Gasteiger partial charge < -0.3 is 32.8 Å². The SMILES string of the molecule is COC[C@@]12CC[C@@H]([C@H]3[C@H](C)Oc4nc(-c5cc(NC(=O)OC(C)(C)C)cc(F)c5OC(F)(F)F)c(F)c5c(C)c(OS(=O)(=O)C(F)(F)F)nc(c45)N3C1)N2C(=O)OC(C)(C)C. The molecule has 2 saturated heterocycles. The van der Waals surface area contributed by atoms with Crippen LogP contribution in [0.3, 0.4) is 0 Å². The predicted molar refractivity (Wildman–Crippen MR) is 199 cm³/mol. The summed E-state index contributed by atoms with van der Waals surface area (Å²) in [5, 5.41) is 0.923. The molecule has 2 aromatic heterocycles. The molecule has 15 nitrogen and oxygen atoms in total. The van der Waals surface area contributed by atoms with Gasteiger partial charge in [0.15, 0.2) is 17.4 Å². The van der Waals surface area contributed by atoms with Gasteiger partial charge in [-0.15, -0.1) is 13.2 Å². The highest BCUT2D eigenvalue weighted by Gasteiger charge is 2.61. The minimum Gasteiger partial charge on any atom is -0.472 e. The van der Waals surface area contributed by atoms with E-state index in [1.165, 1.54) is 44.6 Å². The van der Waals surface area contributed by atoms with Gasteiger partial charge in [0.2, 0.25) is 11.8 Å². The number of amides is 2. The highest BCUT2D eigenvalue weighted by atomic mass is 32.2. The van der Waals surface area contributed by atoms with Crippen LogP contribution < -0.4 is 23.9 Å². The number of halogens is 8. The van der Waals surface area contributed by atoms with Crippen molar-refractivity contribution < 1.29 is 81.0 Å². The third-order valence-corrected chi connectivity index (χ3v) is 10.8. The van der Waals surface area contributed by atoms with Gasteiger partial charge in [-0.1, -0.05) is 0 Å². The van der Waals surface area contributed by atoms with Crippen molar-refractivity contribution in [1.29, 1.82) is 0 Å². The summed E-state index contributed by atoms with van der Waals surface area (Å²) in [4.78, 5) is 37.9. The number of carbonyl (C=O) groups is 2. The van der Waals surface area contributed by atoms with E-state index in [2.05, 4.69) is 24.2 Å². The monoisotopic (exact) mass is 899 g/mol. The average Bonchev–Trinajstić information content (AvgIpc) is 3.28. The van der Waals surface area contributed by atoms with Crippen molar-refractivity contribution in [2.24, 2.45) is 0 Å². The highest BCUT2D eigenvalue weighted by molar-refractivity contribution is 7.88. The van der Waals surface area contributed by atoms with Crippen LogP contribution in [0, 0.1) is 18.6 Å². The summed E-state index contributed by atoms with van der Waals surface area (Å²) < 4.78 is 172. The standard InChI is InChI=1S/C37H41F8N5O10S/c1-16-22-23-28(48-29(16)60-61(53,54)37(43,44)45)49-14-35(15-55-9)11-10-21(50(35)32(52)59-34(6,7)8)26(49)17(2)56-30(23)47-25(24(22)39)19-12-18(46-31(51)58-33(3,4)5)13-20(38)27(19)57-36(40,41)42/h12-13,17,21,26H,10-11,14-15H2,1-9H3,(H,46,51)/t17-,21-,26+,35+/m0/s1. The second-order valence-electron chi connectivity index (χ2n) is 16.7. The van der Waals surface area contributed by atoms with Crippen molar-refractivity contribution in [3.63, 3.8) is 0 Å². The molecule has 0 aliphatic carbocycles. The molecular formula is C37H41F8N5O10S. The Balaban J connectivity index is 1.66. The summed E-state index contributed by atoms with van der Waals surface area (Å²) in [7, 11) is -5.14. The second kappa shape index (κ2) is 15.0. The van der Waals surface area contributed by atoms with Crippen LogP contribution in [0.4, 0.5) is 56.2 Å². The van der Waals surface area contributed by atoms with Crippen LogP contribution in [0.15, 0.2) is 12.1 Å². The van der Waals surface area contributed by atoms with E-state index < -0.39 is 137 Å². The van der Waals surface area contributed by atoms with Crippen molar-refractivity contribution in [3.8, 4) is 28.8 Å². The number of hydrogen-bond acceptors (Lipinski definition) is 13. The lowest BCUT2D eigenvalue weighted by atomic mass is 9.92. The first-order chi connectivity index (χ1) is 27.9. The highest BCUT2D eigenvalue weighted by Crippen LogP contribution is 2.52. The molecule has 0 saturated carbocycles. The third-order valence-electron chi connectivity index (χ3n) is 9.89. The Morgan fingerprint density at radius 2 is 1.62 bits per heavy atom. The molecule has 3 aromatic rings. The van der Waals surface area contributed by atoms with Crippen molar-refractivity contribution in [2.75, 3.05) is 30.5 Å². The van der Waals surface area contributed by atoms with Gasteiger partial charge in [0, 0.05) is 36.4 Å². The van der Waals surface area contributed by atoms with Crippen molar-refractivity contribution in [2.45, 2.75) is 115 Å².